The molecule has 7 heteroatoms. The number of carbonyl (C=O) groups excluding carboxylic acids is 2. The molecule has 1 N–H and O–H groups in total. The molecule has 0 bridgehead atoms. The highest BCUT2D eigenvalue weighted by molar-refractivity contribution is 7.18. The molecule has 1 aliphatic rings. The summed E-state index contributed by atoms with van der Waals surface area (Å²) in [6.07, 6.45) is 3.33. The minimum absolute atomic E-state index is 0.00762. The van der Waals surface area contributed by atoms with Crippen molar-refractivity contribution in [1.29, 1.82) is 0 Å². The third-order valence-corrected chi connectivity index (χ3v) is 6.38. The maximum atomic E-state index is 13.2. The fourth-order valence-corrected chi connectivity index (χ4v) is 4.88. The van der Waals surface area contributed by atoms with Crippen LogP contribution in [0, 0.1) is 0 Å². The van der Waals surface area contributed by atoms with Crippen molar-refractivity contribution in [2.45, 2.75) is 18.9 Å². The molecule has 2 aromatic carbocycles. The molecule has 2 amide bonds. The summed E-state index contributed by atoms with van der Waals surface area (Å²) in [5.41, 5.74) is 2.18. The van der Waals surface area contributed by atoms with Crippen LogP contribution >= 0.6 is 11.3 Å². The second-order valence-electron chi connectivity index (χ2n) is 7.19. The smallest absolute Gasteiger partial charge is 0.291 e. The Morgan fingerprint density at radius 2 is 1.90 bits per heavy atom. The Morgan fingerprint density at radius 1 is 1.07 bits per heavy atom. The first-order valence-electron chi connectivity index (χ1n) is 9.80. The number of rotatable bonds is 4. The van der Waals surface area contributed by atoms with Gasteiger partial charge in [-0.25, -0.2) is 4.98 Å². The Bertz CT molecular complexity index is 1170. The zero-order chi connectivity index (χ0) is 20.5. The van der Waals surface area contributed by atoms with Crippen molar-refractivity contribution in [3.63, 3.8) is 0 Å². The Labute approximate surface area is 177 Å². The van der Waals surface area contributed by atoms with Crippen molar-refractivity contribution in [1.82, 2.24) is 9.88 Å². The van der Waals surface area contributed by atoms with Gasteiger partial charge in [-0.05, 0) is 61.4 Å². The van der Waals surface area contributed by atoms with E-state index < -0.39 is 0 Å². The van der Waals surface area contributed by atoms with E-state index in [1.165, 1.54) is 6.26 Å². The number of hydrogen-bond donors (Lipinski definition) is 1. The number of likely N-dealkylation sites (tertiary alicyclic amines) is 1. The van der Waals surface area contributed by atoms with E-state index in [9.17, 15) is 9.59 Å². The molecule has 2 aromatic heterocycles. The SMILES string of the molecule is O=C(Nc1ccc(C(=O)N2CCC[C@H]2c2nc3ccccc3s2)cc1)c1ccco1. The number of aromatic nitrogens is 1. The summed E-state index contributed by atoms with van der Waals surface area (Å²) < 4.78 is 6.24. The van der Waals surface area contributed by atoms with Crippen LogP contribution in [0.4, 0.5) is 5.69 Å². The number of amides is 2. The lowest BCUT2D eigenvalue weighted by Crippen LogP contribution is -2.30. The molecule has 4 aromatic rings. The number of furan rings is 1. The molecule has 1 aliphatic heterocycles. The van der Waals surface area contributed by atoms with Gasteiger partial charge in [0.15, 0.2) is 5.76 Å². The normalized spacial score (nSPS) is 16.1. The molecule has 3 heterocycles. The fourth-order valence-electron chi connectivity index (χ4n) is 3.76. The third kappa shape index (κ3) is 3.48. The van der Waals surface area contributed by atoms with Gasteiger partial charge in [-0.1, -0.05) is 12.1 Å². The molecule has 0 spiro atoms. The minimum atomic E-state index is -0.325. The third-order valence-electron chi connectivity index (χ3n) is 5.24. The van der Waals surface area contributed by atoms with Crippen molar-refractivity contribution in [2.75, 3.05) is 11.9 Å². The zero-order valence-corrected chi connectivity index (χ0v) is 16.9. The van der Waals surface area contributed by atoms with Crippen molar-refractivity contribution >= 4 is 39.1 Å². The van der Waals surface area contributed by atoms with Crippen LogP contribution in [0.5, 0.6) is 0 Å². The number of para-hydroxylation sites is 1. The quantitative estimate of drug-likeness (QED) is 0.500. The van der Waals surface area contributed by atoms with Crippen LogP contribution in [0.25, 0.3) is 10.2 Å². The Balaban J connectivity index is 1.32. The van der Waals surface area contributed by atoms with Crippen LogP contribution in [0.15, 0.2) is 71.3 Å². The standard InChI is InChI=1S/C23H19N3O3S/c27-21(19-7-4-14-29-19)24-16-11-9-15(10-12-16)23(28)26-13-3-6-18(26)22-25-17-5-1-2-8-20(17)30-22/h1-2,4-5,7-12,14,18H,3,6,13H2,(H,24,27)/t18-/m0/s1. The Kier molecular flexibility index (Phi) is 4.80. The van der Waals surface area contributed by atoms with Gasteiger partial charge >= 0.3 is 0 Å². The lowest BCUT2D eigenvalue weighted by molar-refractivity contribution is 0.0735. The maximum Gasteiger partial charge on any atom is 0.291 e. The van der Waals surface area contributed by atoms with Crippen LogP contribution in [-0.4, -0.2) is 28.2 Å². The molecule has 0 radical (unpaired) electrons. The maximum absolute atomic E-state index is 13.2. The van der Waals surface area contributed by atoms with E-state index in [2.05, 4.69) is 11.4 Å². The molecular weight excluding hydrogens is 398 g/mol. The number of benzene rings is 2. The van der Waals surface area contributed by atoms with Crippen LogP contribution in [-0.2, 0) is 0 Å². The minimum Gasteiger partial charge on any atom is -0.459 e. The lowest BCUT2D eigenvalue weighted by atomic mass is 10.1. The van der Waals surface area contributed by atoms with Gasteiger partial charge < -0.3 is 14.6 Å². The molecular formula is C23H19N3O3S. The van der Waals surface area contributed by atoms with Gasteiger partial charge in [0.25, 0.3) is 11.8 Å². The summed E-state index contributed by atoms with van der Waals surface area (Å²) >= 11 is 1.66. The van der Waals surface area contributed by atoms with E-state index >= 15 is 0 Å². The number of carbonyl (C=O) groups is 2. The van der Waals surface area contributed by atoms with Gasteiger partial charge in [0, 0.05) is 17.8 Å². The van der Waals surface area contributed by atoms with E-state index in [0.29, 0.717) is 11.3 Å². The van der Waals surface area contributed by atoms with Gasteiger partial charge in [-0.3, -0.25) is 9.59 Å². The number of hydrogen-bond acceptors (Lipinski definition) is 5. The number of anilines is 1. The van der Waals surface area contributed by atoms with Gasteiger partial charge in [0.05, 0.1) is 22.5 Å². The van der Waals surface area contributed by atoms with Gasteiger partial charge in [0.1, 0.15) is 5.01 Å². The van der Waals surface area contributed by atoms with Crippen molar-refractivity contribution in [3.05, 3.63) is 83.3 Å². The zero-order valence-electron chi connectivity index (χ0n) is 16.1. The van der Waals surface area contributed by atoms with Crippen molar-refractivity contribution in [2.24, 2.45) is 0 Å². The van der Waals surface area contributed by atoms with E-state index in [0.717, 1.165) is 34.6 Å². The molecule has 0 unspecified atom stereocenters. The van der Waals surface area contributed by atoms with Gasteiger partial charge in [-0.15, -0.1) is 11.3 Å². The second kappa shape index (κ2) is 7.76. The van der Waals surface area contributed by atoms with E-state index in [4.69, 9.17) is 9.40 Å². The highest BCUT2D eigenvalue weighted by atomic mass is 32.1. The molecule has 0 aliphatic carbocycles. The first-order valence-corrected chi connectivity index (χ1v) is 10.6. The number of nitrogens with zero attached hydrogens (tertiary/aromatic N) is 2. The van der Waals surface area contributed by atoms with Crippen LogP contribution in [0.3, 0.4) is 0 Å². The second-order valence-corrected chi connectivity index (χ2v) is 8.25. The topological polar surface area (TPSA) is 75.4 Å². The van der Waals surface area contributed by atoms with Gasteiger partial charge in [0.2, 0.25) is 0 Å². The highest BCUT2D eigenvalue weighted by Gasteiger charge is 2.32. The average molecular weight is 417 g/mol. The molecule has 6 nitrogen and oxygen atoms in total. The fraction of sp³-hybridized carbons (Fsp3) is 0.174. The average Bonchev–Trinajstić information content (AvgIpc) is 3.53. The highest BCUT2D eigenvalue weighted by Crippen LogP contribution is 2.37. The number of thiazole rings is 1. The van der Waals surface area contributed by atoms with Crippen LogP contribution in [0.2, 0.25) is 0 Å². The monoisotopic (exact) mass is 417 g/mol. The van der Waals surface area contributed by atoms with Crippen LogP contribution in [0.1, 0.15) is 44.8 Å². The van der Waals surface area contributed by atoms with Crippen molar-refractivity contribution < 1.29 is 14.0 Å². The Morgan fingerprint density at radius 3 is 2.67 bits per heavy atom. The predicted molar refractivity (Wildman–Crippen MR) is 116 cm³/mol. The molecule has 5 rings (SSSR count). The summed E-state index contributed by atoms with van der Waals surface area (Å²) in [6, 6.07) is 18.3. The largest absolute Gasteiger partial charge is 0.459 e. The summed E-state index contributed by atoms with van der Waals surface area (Å²) in [7, 11) is 0. The molecule has 1 atom stereocenters. The number of fused-ring (bicyclic) bond motifs is 1. The summed E-state index contributed by atoms with van der Waals surface area (Å²) in [5, 5.41) is 3.75. The van der Waals surface area contributed by atoms with E-state index in [-0.39, 0.29) is 23.6 Å². The first kappa shape index (κ1) is 18.6. The van der Waals surface area contributed by atoms with Crippen LogP contribution < -0.4 is 5.32 Å². The summed E-state index contributed by atoms with van der Waals surface area (Å²) in [5.74, 6) is -0.0962. The predicted octanol–water partition coefficient (Wildman–Crippen LogP) is 5.12. The molecule has 30 heavy (non-hydrogen) atoms. The molecule has 1 saturated heterocycles. The molecule has 0 saturated carbocycles. The first-order chi connectivity index (χ1) is 14.7. The molecule has 1 fully saturated rings. The van der Waals surface area contributed by atoms with Crippen molar-refractivity contribution in [3.8, 4) is 0 Å². The number of nitrogens with one attached hydrogen (secondary N) is 1. The lowest BCUT2D eigenvalue weighted by Gasteiger charge is -2.23. The Hall–Kier alpha value is -3.45. The summed E-state index contributed by atoms with van der Waals surface area (Å²) in [4.78, 5) is 31.9. The van der Waals surface area contributed by atoms with E-state index in [1.54, 1.807) is 47.7 Å². The van der Waals surface area contributed by atoms with E-state index in [1.807, 2.05) is 23.1 Å². The van der Waals surface area contributed by atoms with Gasteiger partial charge in [-0.2, -0.15) is 0 Å². The summed E-state index contributed by atoms with van der Waals surface area (Å²) in [6.45, 7) is 0.719. The molecule has 150 valence electrons.